The molecule has 0 bridgehead atoms. The first-order chi connectivity index (χ1) is 15.8. The standard InChI is InChI=1S/C24H31N5O4/c1-16-11-29(17(2)14-30)24(32)21-7-19(6-5-18(3)31)10-27-23(21)33-22(16)13-28(4)12-20-8-25-15-26-9-20/h7-10,15-18,22,30-31H,11-14H2,1-4H3/t16-,17+,18+,22+/m1/s1. The zero-order chi connectivity index (χ0) is 24.0. The summed E-state index contributed by atoms with van der Waals surface area (Å²) in [5.74, 6) is 5.46. The number of hydrogen-bond donors (Lipinski definition) is 2. The Hall–Kier alpha value is -3.06. The van der Waals surface area contributed by atoms with E-state index in [-0.39, 0.29) is 36.5 Å². The van der Waals surface area contributed by atoms with Gasteiger partial charge in [0.25, 0.3) is 5.91 Å². The molecule has 9 heteroatoms. The number of rotatable bonds is 6. The van der Waals surface area contributed by atoms with Crippen LogP contribution >= 0.6 is 0 Å². The molecule has 0 aromatic carbocycles. The number of fused-ring (bicyclic) bond motifs is 1. The molecule has 3 rings (SSSR count). The van der Waals surface area contributed by atoms with Gasteiger partial charge in [0, 0.05) is 55.3 Å². The molecule has 1 amide bonds. The van der Waals surface area contributed by atoms with Gasteiger partial charge in [-0.2, -0.15) is 0 Å². The number of aliphatic hydroxyl groups excluding tert-OH is 2. The third-order valence-electron chi connectivity index (χ3n) is 5.50. The normalized spacial score (nSPS) is 20.1. The van der Waals surface area contributed by atoms with Gasteiger partial charge in [-0.15, -0.1) is 0 Å². The van der Waals surface area contributed by atoms with Gasteiger partial charge in [-0.3, -0.25) is 9.69 Å². The smallest absolute Gasteiger partial charge is 0.259 e. The predicted octanol–water partition coefficient (Wildman–Crippen LogP) is 0.956. The zero-order valence-electron chi connectivity index (χ0n) is 19.5. The second-order valence-corrected chi connectivity index (χ2v) is 8.59. The summed E-state index contributed by atoms with van der Waals surface area (Å²) in [5, 5.41) is 19.2. The first kappa shape index (κ1) is 24.6. The Balaban J connectivity index is 1.91. The van der Waals surface area contributed by atoms with Gasteiger partial charge in [0.05, 0.1) is 12.6 Å². The Bertz CT molecular complexity index is 1000. The van der Waals surface area contributed by atoms with Gasteiger partial charge in [0.1, 0.15) is 24.1 Å². The molecular weight excluding hydrogens is 422 g/mol. The SMILES string of the molecule is C[C@H](O)C#Cc1cnc2c(c1)C(=O)N([C@@H](C)CO)C[C@@H](C)[C@H](CN(C)Cc1cncnc1)O2. The van der Waals surface area contributed by atoms with Crippen molar-refractivity contribution in [2.24, 2.45) is 5.92 Å². The molecule has 0 radical (unpaired) electrons. The monoisotopic (exact) mass is 453 g/mol. The molecule has 0 saturated heterocycles. The summed E-state index contributed by atoms with van der Waals surface area (Å²) in [5.41, 5.74) is 1.79. The summed E-state index contributed by atoms with van der Waals surface area (Å²) in [6.45, 7) is 6.93. The van der Waals surface area contributed by atoms with Gasteiger partial charge in [0.15, 0.2) is 0 Å². The van der Waals surface area contributed by atoms with Crippen molar-refractivity contribution in [3.05, 3.63) is 47.7 Å². The minimum atomic E-state index is -0.791. The molecule has 176 valence electrons. The quantitative estimate of drug-likeness (QED) is 0.622. The number of likely N-dealkylation sites (N-methyl/N-ethyl adjacent to an activating group) is 1. The number of aromatic nitrogens is 3. The van der Waals surface area contributed by atoms with Crippen LogP contribution in [0.5, 0.6) is 5.88 Å². The second-order valence-electron chi connectivity index (χ2n) is 8.59. The maximum Gasteiger partial charge on any atom is 0.259 e. The Kier molecular flexibility index (Phi) is 8.33. The van der Waals surface area contributed by atoms with Crippen LogP contribution in [0.3, 0.4) is 0 Å². The Labute approximate surface area is 194 Å². The number of nitrogens with zero attached hydrogens (tertiary/aromatic N) is 5. The number of pyridine rings is 1. The molecule has 0 spiro atoms. The van der Waals surface area contributed by atoms with Gasteiger partial charge in [-0.1, -0.05) is 18.8 Å². The summed E-state index contributed by atoms with van der Waals surface area (Å²) < 4.78 is 6.28. The highest BCUT2D eigenvalue weighted by Crippen LogP contribution is 2.27. The van der Waals surface area contributed by atoms with E-state index in [0.29, 0.717) is 30.8 Å². The van der Waals surface area contributed by atoms with Gasteiger partial charge in [-0.25, -0.2) is 15.0 Å². The predicted molar refractivity (Wildman–Crippen MR) is 122 cm³/mol. The number of aliphatic hydroxyl groups is 2. The summed E-state index contributed by atoms with van der Waals surface area (Å²) in [6, 6.07) is 1.27. The lowest BCUT2D eigenvalue weighted by molar-refractivity contribution is 0.0325. The van der Waals surface area contributed by atoms with Gasteiger partial charge < -0.3 is 19.8 Å². The number of amides is 1. The molecule has 2 aromatic heterocycles. The molecule has 0 fully saturated rings. The number of hydrogen-bond acceptors (Lipinski definition) is 8. The van der Waals surface area contributed by atoms with Crippen LogP contribution in [0.15, 0.2) is 31.0 Å². The molecule has 0 saturated carbocycles. The first-order valence-electron chi connectivity index (χ1n) is 11.0. The van der Waals surface area contributed by atoms with E-state index in [1.54, 1.807) is 30.3 Å². The summed E-state index contributed by atoms with van der Waals surface area (Å²) in [6.07, 6.45) is 5.56. The van der Waals surface area contributed by atoms with Crippen LogP contribution in [0.1, 0.15) is 42.3 Å². The van der Waals surface area contributed by atoms with Crippen molar-refractivity contribution in [3.8, 4) is 17.7 Å². The van der Waals surface area contributed by atoms with E-state index in [9.17, 15) is 15.0 Å². The summed E-state index contributed by atoms with van der Waals surface area (Å²) in [4.78, 5) is 29.7. The highest BCUT2D eigenvalue weighted by atomic mass is 16.5. The van der Waals surface area contributed by atoms with E-state index in [4.69, 9.17) is 4.74 Å². The van der Waals surface area contributed by atoms with Crippen LogP contribution in [-0.4, -0.2) is 85.9 Å². The van der Waals surface area contributed by atoms with Crippen molar-refractivity contribution < 1.29 is 19.7 Å². The average Bonchev–Trinajstić information content (AvgIpc) is 2.80. The Morgan fingerprint density at radius 3 is 2.70 bits per heavy atom. The second kappa shape index (κ2) is 11.2. The Morgan fingerprint density at radius 2 is 2.03 bits per heavy atom. The maximum absolute atomic E-state index is 13.4. The fourth-order valence-corrected chi connectivity index (χ4v) is 3.67. The maximum atomic E-state index is 13.4. The lowest BCUT2D eigenvalue weighted by Gasteiger charge is -2.37. The van der Waals surface area contributed by atoms with Crippen LogP contribution in [-0.2, 0) is 6.54 Å². The molecule has 9 nitrogen and oxygen atoms in total. The van der Waals surface area contributed by atoms with E-state index in [0.717, 1.165) is 5.56 Å². The van der Waals surface area contributed by atoms with Crippen LogP contribution in [0.4, 0.5) is 0 Å². The lowest BCUT2D eigenvalue weighted by atomic mass is 9.99. The molecule has 1 aliphatic heterocycles. The van der Waals surface area contributed by atoms with E-state index in [1.165, 1.54) is 12.5 Å². The van der Waals surface area contributed by atoms with E-state index in [2.05, 4.69) is 31.7 Å². The fourth-order valence-electron chi connectivity index (χ4n) is 3.67. The third kappa shape index (κ3) is 6.48. The molecule has 0 unspecified atom stereocenters. The van der Waals surface area contributed by atoms with Crippen LogP contribution in [0, 0.1) is 17.8 Å². The molecule has 2 N–H and O–H groups in total. The lowest BCUT2D eigenvalue weighted by Crippen LogP contribution is -2.49. The highest BCUT2D eigenvalue weighted by Gasteiger charge is 2.34. The fraction of sp³-hybridized carbons (Fsp3) is 0.500. The zero-order valence-corrected chi connectivity index (χ0v) is 19.5. The summed E-state index contributed by atoms with van der Waals surface area (Å²) in [7, 11) is 1.99. The van der Waals surface area contributed by atoms with E-state index >= 15 is 0 Å². The van der Waals surface area contributed by atoms with Gasteiger partial charge in [-0.05, 0) is 27.0 Å². The minimum absolute atomic E-state index is 0.0120. The highest BCUT2D eigenvalue weighted by molar-refractivity contribution is 5.97. The van der Waals surface area contributed by atoms with Crippen molar-refractivity contribution in [3.63, 3.8) is 0 Å². The van der Waals surface area contributed by atoms with Crippen molar-refractivity contribution >= 4 is 5.91 Å². The minimum Gasteiger partial charge on any atom is -0.472 e. The van der Waals surface area contributed by atoms with Gasteiger partial charge >= 0.3 is 0 Å². The van der Waals surface area contributed by atoms with Crippen LogP contribution in [0.2, 0.25) is 0 Å². The summed E-state index contributed by atoms with van der Waals surface area (Å²) >= 11 is 0. The van der Waals surface area contributed by atoms with E-state index < -0.39 is 6.10 Å². The molecule has 3 heterocycles. The van der Waals surface area contributed by atoms with Gasteiger partial charge in [0.2, 0.25) is 5.88 Å². The molecule has 0 aliphatic carbocycles. The number of ether oxygens (including phenoxy) is 1. The molecule has 4 atom stereocenters. The molecule has 1 aliphatic rings. The third-order valence-corrected chi connectivity index (χ3v) is 5.50. The van der Waals surface area contributed by atoms with Crippen molar-refractivity contribution in [2.45, 2.75) is 45.6 Å². The van der Waals surface area contributed by atoms with Crippen molar-refractivity contribution in [2.75, 3.05) is 26.7 Å². The van der Waals surface area contributed by atoms with Crippen molar-refractivity contribution in [1.29, 1.82) is 0 Å². The average molecular weight is 454 g/mol. The van der Waals surface area contributed by atoms with Crippen molar-refractivity contribution in [1.82, 2.24) is 24.8 Å². The Morgan fingerprint density at radius 1 is 1.30 bits per heavy atom. The number of carbonyl (C=O) groups is 1. The molecule has 33 heavy (non-hydrogen) atoms. The van der Waals surface area contributed by atoms with E-state index in [1.807, 2.05) is 20.9 Å². The molecular formula is C24H31N5O4. The molecule has 2 aromatic rings. The van der Waals surface area contributed by atoms with Crippen LogP contribution in [0.25, 0.3) is 0 Å². The van der Waals surface area contributed by atoms with Crippen LogP contribution < -0.4 is 4.74 Å². The first-order valence-corrected chi connectivity index (χ1v) is 11.0. The number of carbonyl (C=O) groups excluding carboxylic acids is 1. The largest absolute Gasteiger partial charge is 0.472 e. The topological polar surface area (TPSA) is 112 Å².